The Balaban J connectivity index is 1.63. The predicted octanol–water partition coefficient (Wildman–Crippen LogP) is 7.10. The van der Waals surface area contributed by atoms with Gasteiger partial charge in [-0.3, -0.25) is 4.79 Å². The SMILES string of the molecule is C=C(C)C(=O)N(/N=C/c1ccc(N(c2ccccc2)c2ccccc2)cc1)c1ccccc1. The second-order valence-electron chi connectivity index (χ2n) is 7.58. The number of carbonyl (C=O) groups is 1. The van der Waals surface area contributed by atoms with Gasteiger partial charge in [0.1, 0.15) is 0 Å². The Morgan fingerprint density at radius 1 is 0.667 bits per heavy atom. The summed E-state index contributed by atoms with van der Waals surface area (Å²) in [6, 6.07) is 37.9. The number of hydrogen-bond donors (Lipinski definition) is 0. The van der Waals surface area contributed by atoms with Crippen LogP contribution in [0.1, 0.15) is 12.5 Å². The highest BCUT2D eigenvalue weighted by molar-refractivity contribution is 6.05. The first-order valence-electron chi connectivity index (χ1n) is 10.7. The van der Waals surface area contributed by atoms with Crippen molar-refractivity contribution in [2.45, 2.75) is 6.92 Å². The van der Waals surface area contributed by atoms with E-state index in [4.69, 9.17) is 0 Å². The molecule has 162 valence electrons. The van der Waals surface area contributed by atoms with Gasteiger partial charge in [0, 0.05) is 22.6 Å². The fraction of sp³-hybridized carbons (Fsp3) is 0.0345. The van der Waals surface area contributed by atoms with Gasteiger partial charge in [0.25, 0.3) is 5.91 Å². The summed E-state index contributed by atoms with van der Waals surface area (Å²) < 4.78 is 0. The molecule has 0 fully saturated rings. The van der Waals surface area contributed by atoms with Gasteiger partial charge in [0.15, 0.2) is 0 Å². The lowest BCUT2D eigenvalue weighted by atomic mass is 10.1. The summed E-state index contributed by atoms with van der Waals surface area (Å²) in [5.41, 5.74) is 5.18. The lowest BCUT2D eigenvalue weighted by molar-refractivity contribution is -0.115. The molecular weight excluding hydrogens is 406 g/mol. The van der Waals surface area contributed by atoms with Crippen molar-refractivity contribution in [3.05, 3.63) is 133 Å². The molecule has 0 spiro atoms. The van der Waals surface area contributed by atoms with Crippen LogP contribution in [-0.4, -0.2) is 12.1 Å². The molecule has 1 amide bonds. The van der Waals surface area contributed by atoms with Crippen LogP contribution in [0.5, 0.6) is 0 Å². The third-order valence-electron chi connectivity index (χ3n) is 5.06. The summed E-state index contributed by atoms with van der Waals surface area (Å²) in [5, 5.41) is 5.83. The van der Waals surface area contributed by atoms with E-state index < -0.39 is 0 Å². The first-order chi connectivity index (χ1) is 16.1. The minimum Gasteiger partial charge on any atom is -0.311 e. The highest BCUT2D eigenvalue weighted by Gasteiger charge is 2.15. The molecule has 0 aromatic heterocycles. The molecule has 4 heteroatoms. The van der Waals surface area contributed by atoms with Crippen molar-refractivity contribution >= 4 is 34.9 Å². The van der Waals surface area contributed by atoms with Gasteiger partial charge in [-0.2, -0.15) is 10.1 Å². The number of rotatable bonds is 7. The fourth-order valence-corrected chi connectivity index (χ4v) is 3.42. The number of nitrogens with zero attached hydrogens (tertiary/aromatic N) is 3. The van der Waals surface area contributed by atoms with Gasteiger partial charge < -0.3 is 4.90 Å². The molecule has 0 aliphatic heterocycles. The van der Waals surface area contributed by atoms with E-state index in [2.05, 4.69) is 53.0 Å². The molecule has 0 saturated heterocycles. The van der Waals surface area contributed by atoms with Crippen LogP contribution in [0, 0.1) is 0 Å². The first-order valence-corrected chi connectivity index (χ1v) is 10.7. The van der Waals surface area contributed by atoms with E-state index in [1.807, 2.05) is 78.9 Å². The van der Waals surface area contributed by atoms with E-state index in [0.29, 0.717) is 11.3 Å². The highest BCUT2D eigenvalue weighted by Crippen LogP contribution is 2.33. The first kappa shape index (κ1) is 21.8. The van der Waals surface area contributed by atoms with Gasteiger partial charge in [0.2, 0.25) is 0 Å². The molecular formula is C29H25N3O. The summed E-state index contributed by atoms with van der Waals surface area (Å²) in [7, 11) is 0. The second kappa shape index (κ2) is 10.2. The van der Waals surface area contributed by atoms with Crippen LogP contribution in [0.2, 0.25) is 0 Å². The van der Waals surface area contributed by atoms with Gasteiger partial charge in [-0.1, -0.05) is 73.3 Å². The van der Waals surface area contributed by atoms with Crippen molar-refractivity contribution in [3.63, 3.8) is 0 Å². The molecule has 4 nitrogen and oxygen atoms in total. The zero-order valence-corrected chi connectivity index (χ0v) is 18.5. The molecule has 0 N–H and O–H groups in total. The maximum absolute atomic E-state index is 12.6. The van der Waals surface area contributed by atoms with Crippen molar-refractivity contribution < 1.29 is 4.79 Å². The Hall–Kier alpha value is -4.44. The van der Waals surface area contributed by atoms with Gasteiger partial charge >= 0.3 is 0 Å². The molecule has 0 atom stereocenters. The molecule has 33 heavy (non-hydrogen) atoms. The van der Waals surface area contributed by atoms with Crippen molar-refractivity contribution in [2.24, 2.45) is 5.10 Å². The Bertz CT molecular complexity index is 1200. The number of hydrazone groups is 1. The second-order valence-corrected chi connectivity index (χ2v) is 7.58. The maximum Gasteiger partial charge on any atom is 0.273 e. The Morgan fingerprint density at radius 3 is 1.55 bits per heavy atom. The van der Waals surface area contributed by atoms with E-state index >= 15 is 0 Å². The van der Waals surface area contributed by atoms with Crippen LogP contribution in [-0.2, 0) is 4.79 Å². The van der Waals surface area contributed by atoms with E-state index in [9.17, 15) is 4.79 Å². The average Bonchev–Trinajstić information content (AvgIpc) is 2.87. The van der Waals surface area contributed by atoms with Crippen molar-refractivity contribution in [1.29, 1.82) is 0 Å². The summed E-state index contributed by atoms with van der Waals surface area (Å²) >= 11 is 0. The molecule has 0 aliphatic carbocycles. The Kier molecular flexibility index (Phi) is 6.76. The third-order valence-corrected chi connectivity index (χ3v) is 5.06. The minimum atomic E-state index is -0.242. The normalized spacial score (nSPS) is 10.7. The summed E-state index contributed by atoms with van der Waals surface area (Å²) in [5.74, 6) is -0.242. The number of hydrogen-bond acceptors (Lipinski definition) is 3. The van der Waals surface area contributed by atoms with Gasteiger partial charge in [-0.05, 0) is 61.0 Å². The van der Waals surface area contributed by atoms with Gasteiger partial charge in [-0.15, -0.1) is 0 Å². The number of anilines is 4. The topological polar surface area (TPSA) is 35.9 Å². The highest BCUT2D eigenvalue weighted by atomic mass is 16.2. The molecule has 0 radical (unpaired) electrons. The van der Waals surface area contributed by atoms with Crippen LogP contribution in [0.4, 0.5) is 22.7 Å². The lowest BCUT2D eigenvalue weighted by Gasteiger charge is -2.25. The van der Waals surface area contributed by atoms with Crippen molar-refractivity contribution in [1.82, 2.24) is 0 Å². The molecule has 0 heterocycles. The largest absolute Gasteiger partial charge is 0.311 e. The molecule has 4 aromatic carbocycles. The van der Waals surface area contributed by atoms with Gasteiger partial charge in [-0.25, -0.2) is 0 Å². The number of carbonyl (C=O) groups excluding carboxylic acids is 1. The summed E-state index contributed by atoms with van der Waals surface area (Å²) in [6.45, 7) is 5.46. The molecule has 4 aromatic rings. The zero-order chi connectivity index (χ0) is 23.0. The Labute approximate surface area is 194 Å². The van der Waals surface area contributed by atoms with Crippen molar-refractivity contribution in [2.75, 3.05) is 9.91 Å². The lowest BCUT2D eigenvalue weighted by Crippen LogP contribution is -2.26. The van der Waals surface area contributed by atoms with E-state index in [1.54, 1.807) is 13.1 Å². The minimum absolute atomic E-state index is 0.242. The zero-order valence-electron chi connectivity index (χ0n) is 18.5. The molecule has 0 bridgehead atoms. The standard InChI is InChI=1S/C29H25N3O/c1-23(2)29(33)32(28-16-10-5-11-17-28)30-22-24-18-20-27(21-19-24)31(25-12-6-3-7-13-25)26-14-8-4-9-15-26/h3-22H,1H2,2H3/b30-22+. The summed E-state index contributed by atoms with van der Waals surface area (Å²) in [4.78, 5) is 14.8. The van der Waals surface area contributed by atoms with Gasteiger partial charge in [0.05, 0.1) is 11.9 Å². The van der Waals surface area contributed by atoms with E-state index in [1.165, 1.54) is 5.01 Å². The molecule has 4 rings (SSSR count). The van der Waals surface area contributed by atoms with Crippen molar-refractivity contribution in [3.8, 4) is 0 Å². The van der Waals surface area contributed by atoms with Crippen LogP contribution in [0.3, 0.4) is 0 Å². The fourth-order valence-electron chi connectivity index (χ4n) is 3.42. The monoisotopic (exact) mass is 431 g/mol. The van der Waals surface area contributed by atoms with Crippen LogP contribution in [0.25, 0.3) is 0 Å². The van der Waals surface area contributed by atoms with Crippen LogP contribution >= 0.6 is 0 Å². The Morgan fingerprint density at radius 2 is 1.09 bits per heavy atom. The van der Waals surface area contributed by atoms with Crippen LogP contribution < -0.4 is 9.91 Å². The van der Waals surface area contributed by atoms with Crippen LogP contribution in [0.15, 0.2) is 133 Å². The molecule has 0 unspecified atom stereocenters. The predicted molar refractivity (Wildman–Crippen MR) is 137 cm³/mol. The smallest absolute Gasteiger partial charge is 0.273 e. The van der Waals surface area contributed by atoms with E-state index in [-0.39, 0.29) is 5.91 Å². The number of para-hydroxylation sites is 3. The quantitative estimate of drug-likeness (QED) is 0.178. The maximum atomic E-state index is 12.6. The third kappa shape index (κ3) is 5.25. The average molecular weight is 432 g/mol. The summed E-state index contributed by atoms with van der Waals surface area (Å²) in [6.07, 6.45) is 1.69. The number of benzene rings is 4. The molecule has 0 saturated carbocycles. The number of amides is 1. The molecule has 0 aliphatic rings. The van der Waals surface area contributed by atoms with E-state index in [0.717, 1.165) is 22.6 Å².